The van der Waals surface area contributed by atoms with Gasteiger partial charge in [-0.2, -0.15) is 4.98 Å². The third-order valence-electron chi connectivity index (χ3n) is 5.64. The van der Waals surface area contributed by atoms with Crippen LogP contribution in [0.2, 0.25) is 10.0 Å². The van der Waals surface area contributed by atoms with Gasteiger partial charge in [0.05, 0.1) is 17.6 Å². The van der Waals surface area contributed by atoms with Gasteiger partial charge in [-0.05, 0) is 44.0 Å². The summed E-state index contributed by atoms with van der Waals surface area (Å²) >= 11 is 12.2. The van der Waals surface area contributed by atoms with Gasteiger partial charge in [-0.3, -0.25) is 4.90 Å². The molecule has 0 radical (unpaired) electrons. The van der Waals surface area contributed by atoms with Crippen LogP contribution in [0.4, 0.5) is 21.0 Å². The van der Waals surface area contributed by atoms with Gasteiger partial charge in [0.25, 0.3) is 0 Å². The number of carbonyl (C=O) groups is 1. The second-order valence-electron chi connectivity index (χ2n) is 7.93. The SMILES string of the molecule is C[C@H](F)[C@H]1COC(=O)N1c1ccnc(NC2(c3cn(-c4cc(Cl)cc(Cl)c4)cn3)CC2)n1. The van der Waals surface area contributed by atoms with Crippen LogP contribution in [0.25, 0.3) is 5.69 Å². The lowest BCUT2D eigenvalue weighted by Gasteiger charge is -2.22. The fourth-order valence-corrected chi connectivity index (χ4v) is 4.28. The molecule has 3 aromatic rings. The number of carbonyl (C=O) groups excluding carboxylic acids is 1. The number of amides is 1. The summed E-state index contributed by atoms with van der Waals surface area (Å²) in [7, 11) is 0. The lowest BCUT2D eigenvalue weighted by atomic mass is 10.2. The smallest absolute Gasteiger partial charge is 0.416 e. The number of ether oxygens (including phenoxy) is 1. The Bertz CT molecular complexity index is 1160. The summed E-state index contributed by atoms with van der Waals surface area (Å²) in [5.41, 5.74) is 1.19. The summed E-state index contributed by atoms with van der Waals surface area (Å²) in [6.07, 6.45) is 4.93. The van der Waals surface area contributed by atoms with E-state index in [0.717, 1.165) is 24.2 Å². The van der Waals surface area contributed by atoms with Crippen LogP contribution in [-0.4, -0.2) is 44.4 Å². The van der Waals surface area contributed by atoms with Crippen molar-refractivity contribution in [3.8, 4) is 5.69 Å². The van der Waals surface area contributed by atoms with Crippen molar-refractivity contribution < 1.29 is 13.9 Å². The zero-order valence-corrected chi connectivity index (χ0v) is 18.5. The van der Waals surface area contributed by atoms with Gasteiger partial charge < -0.3 is 14.6 Å². The largest absolute Gasteiger partial charge is 0.447 e. The summed E-state index contributed by atoms with van der Waals surface area (Å²) in [5, 5.41) is 4.40. The number of nitrogens with one attached hydrogen (secondary N) is 1. The number of hydrogen-bond acceptors (Lipinski definition) is 6. The molecule has 2 aliphatic rings. The second kappa shape index (κ2) is 7.90. The van der Waals surface area contributed by atoms with Crippen molar-refractivity contribution in [1.82, 2.24) is 19.5 Å². The monoisotopic (exact) mass is 476 g/mol. The Morgan fingerprint density at radius 3 is 2.69 bits per heavy atom. The molecule has 0 bridgehead atoms. The maximum absolute atomic E-state index is 14.0. The maximum atomic E-state index is 14.0. The van der Waals surface area contributed by atoms with Crippen molar-refractivity contribution >= 4 is 41.1 Å². The third-order valence-corrected chi connectivity index (χ3v) is 6.08. The molecule has 8 nitrogen and oxygen atoms in total. The molecule has 1 aromatic carbocycles. The Balaban J connectivity index is 1.39. The Labute approximate surface area is 193 Å². The molecule has 5 rings (SSSR count). The van der Waals surface area contributed by atoms with E-state index in [0.29, 0.717) is 16.0 Å². The molecular formula is C21H19Cl2FN6O2. The van der Waals surface area contributed by atoms with Gasteiger partial charge in [-0.1, -0.05) is 23.2 Å². The van der Waals surface area contributed by atoms with Crippen LogP contribution < -0.4 is 10.2 Å². The van der Waals surface area contributed by atoms with Crippen LogP contribution in [0.1, 0.15) is 25.5 Å². The quantitative estimate of drug-likeness (QED) is 0.552. The Hall–Kier alpha value is -2.91. The number of imidazole rings is 1. The molecular weight excluding hydrogens is 458 g/mol. The van der Waals surface area contributed by atoms with Crippen molar-refractivity contribution in [3.05, 3.63) is 58.7 Å². The number of nitrogens with zero attached hydrogens (tertiary/aromatic N) is 5. The number of hydrogen-bond donors (Lipinski definition) is 1. The first-order valence-electron chi connectivity index (χ1n) is 10.1. The number of cyclic esters (lactones) is 1. The molecule has 1 N–H and O–H groups in total. The Kier molecular flexibility index (Phi) is 5.17. The van der Waals surface area contributed by atoms with Gasteiger partial charge in [0.1, 0.15) is 24.6 Å². The molecule has 2 fully saturated rings. The summed E-state index contributed by atoms with van der Waals surface area (Å²) in [5.74, 6) is 0.611. The van der Waals surface area contributed by atoms with Gasteiger partial charge in [0, 0.05) is 28.1 Å². The van der Waals surface area contributed by atoms with Crippen LogP contribution in [0.15, 0.2) is 43.0 Å². The molecule has 1 aliphatic carbocycles. The van der Waals surface area contributed by atoms with E-state index in [2.05, 4.69) is 20.3 Å². The minimum absolute atomic E-state index is 0.0157. The standard InChI is InChI=1S/C21H19Cl2FN6O2/c1-12(24)16-10-32-20(31)30(16)18-2-5-25-19(27-18)28-21(3-4-21)17-9-29(11-26-17)15-7-13(22)6-14(23)8-15/h2,5-9,11-12,16H,3-4,10H2,1H3,(H,25,27,28)/t12-,16+/m0/s1. The molecule has 0 spiro atoms. The van der Waals surface area contributed by atoms with E-state index in [1.165, 1.54) is 18.0 Å². The molecule has 1 aliphatic heterocycles. The number of rotatable bonds is 6. The van der Waals surface area contributed by atoms with E-state index in [9.17, 15) is 9.18 Å². The summed E-state index contributed by atoms with van der Waals surface area (Å²) in [4.78, 5) is 26.6. The van der Waals surface area contributed by atoms with Gasteiger partial charge in [0.15, 0.2) is 0 Å². The lowest BCUT2D eigenvalue weighted by molar-refractivity contribution is 0.174. The van der Waals surface area contributed by atoms with Crippen LogP contribution in [0.3, 0.4) is 0 Å². The third kappa shape index (κ3) is 3.86. The van der Waals surface area contributed by atoms with Gasteiger partial charge in [0.2, 0.25) is 5.95 Å². The topological polar surface area (TPSA) is 85.2 Å². The highest BCUT2D eigenvalue weighted by Crippen LogP contribution is 2.47. The first-order chi connectivity index (χ1) is 15.3. The number of benzene rings is 1. The van der Waals surface area contributed by atoms with Crippen molar-refractivity contribution in [1.29, 1.82) is 0 Å². The molecule has 1 saturated heterocycles. The van der Waals surface area contributed by atoms with Crippen LogP contribution >= 0.6 is 23.2 Å². The molecule has 166 valence electrons. The molecule has 1 amide bonds. The maximum Gasteiger partial charge on any atom is 0.416 e. The highest BCUT2D eigenvalue weighted by Gasteiger charge is 2.47. The van der Waals surface area contributed by atoms with E-state index in [-0.39, 0.29) is 12.4 Å². The number of anilines is 2. The van der Waals surface area contributed by atoms with Crippen molar-refractivity contribution in [2.75, 3.05) is 16.8 Å². The van der Waals surface area contributed by atoms with Crippen molar-refractivity contribution in [2.45, 2.75) is 37.5 Å². The van der Waals surface area contributed by atoms with Gasteiger partial charge >= 0.3 is 6.09 Å². The predicted molar refractivity (Wildman–Crippen MR) is 118 cm³/mol. The molecule has 0 unspecified atom stereocenters. The molecule has 2 atom stereocenters. The van der Waals surface area contributed by atoms with E-state index in [1.807, 2.05) is 10.8 Å². The summed E-state index contributed by atoms with van der Waals surface area (Å²) in [6.45, 7) is 1.38. The summed E-state index contributed by atoms with van der Waals surface area (Å²) < 4.78 is 20.8. The zero-order chi connectivity index (χ0) is 22.5. The van der Waals surface area contributed by atoms with E-state index in [1.54, 1.807) is 30.6 Å². The fourth-order valence-electron chi connectivity index (χ4n) is 3.76. The molecule has 2 aromatic heterocycles. The normalized spacial score (nSPS) is 20.2. The molecule has 11 heteroatoms. The van der Waals surface area contributed by atoms with Gasteiger partial charge in [-0.25, -0.2) is 19.2 Å². The summed E-state index contributed by atoms with van der Waals surface area (Å²) in [6, 6.07) is 6.11. The van der Waals surface area contributed by atoms with Crippen LogP contribution in [-0.2, 0) is 10.3 Å². The fraction of sp³-hybridized carbons (Fsp3) is 0.333. The second-order valence-corrected chi connectivity index (χ2v) is 8.80. The molecule has 1 saturated carbocycles. The van der Waals surface area contributed by atoms with Crippen molar-refractivity contribution in [2.24, 2.45) is 0 Å². The van der Waals surface area contributed by atoms with E-state index in [4.69, 9.17) is 27.9 Å². The number of alkyl halides is 1. The minimum Gasteiger partial charge on any atom is -0.447 e. The number of halogens is 3. The van der Waals surface area contributed by atoms with Crippen LogP contribution in [0.5, 0.6) is 0 Å². The zero-order valence-electron chi connectivity index (χ0n) is 17.0. The van der Waals surface area contributed by atoms with Gasteiger partial charge in [-0.15, -0.1) is 0 Å². The first-order valence-corrected chi connectivity index (χ1v) is 10.8. The van der Waals surface area contributed by atoms with E-state index >= 15 is 0 Å². The molecule has 32 heavy (non-hydrogen) atoms. The minimum atomic E-state index is -1.26. The predicted octanol–water partition coefficient (Wildman–Crippen LogP) is 4.75. The highest BCUT2D eigenvalue weighted by molar-refractivity contribution is 6.34. The molecule has 3 heterocycles. The first kappa shape index (κ1) is 21.0. The van der Waals surface area contributed by atoms with Crippen LogP contribution in [0, 0.1) is 0 Å². The van der Waals surface area contributed by atoms with Crippen molar-refractivity contribution in [3.63, 3.8) is 0 Å². The average molecular weight is 477 g/mol. The highest BCUT2D eigenvalue weighted by atomic mass is 35.5. The van der Waals surface area contributed by atoms with E-state index < -0.39 is 23.8 Å². The average Bonchev–Trinajstić information content (AvgIpc) is 3.18. The Morgan fingerprint density at radius 2 is 2.00 bits per heavy atom. The lowest BCUT2D eigenvalue weighted by Crippen LogP contribution is -2.39. The number of aromatic nitrogens is 4. The Morgan fingerprint density at radius 1 is 1.25 bits per heavy atom.